The van der Waals surface area contributed by atoms with Crippen LogP contribution in [-0.4, -0.2) is 30.2 Å². The minimum atomic E-state index is -0.795. The second-order valence-electron chi connectivity index (χ2n) is 6.39. The molecule has 0 radical (unpaired) electrons. The number of carboxylic acid groups (broad SMARTS) is 1. The molecule has 1 rings (SSSR count). The summed E-state index contributed by atoms with van der Waals surface area (Å²) in [6.07, 6.45) is 3.17. The Morgan fingerprint density at radius 3 is 2.17 bits per heavy atom. The van der Waals surface area contributed by atoms with Crippen molar-refractivity contribution in [3.8, 4) is 0 Å². The van der Waals surface area contributed by atoms with E-state index in [1.54, 1.807) is 0 Å². The van der Waals surface area contributed by atoms with Crippen molar-refractivity contribution in [3.63, 3.8) is 0 Å². The van der Waals surface area contributed by atoms with Crippen molar-refractivity contribution in [1.82, 2.24) is 10.6 Å². The fraction of sp³-hybridized carbons (Fsp3) is 0.846. The monoisotopic (exact) mass is 256 g/mol. The topological polar surface area (TPSA) is 78.4 Å². The first-order chi connectivity index (χ1) is 8.25. The summed E-state index contributed by atoms with van der Waals surface area (Å²) in [4.78, 5) is 22.9. The zero-order valence-electron chi connectivity index (χ0n) is 11.5. The highest BCUT2D eigenvalue weighted by molar-refractivity contribution is 5.78. The van der Waals surface area contributed by atoms with Gasteiger partial charge in [0.05, 0.1) is 5.41 Å². The molecule has 0 saturated heterocycles. The standard InChI is InChI=1S/C13H24N2O3/c1-12(2,3)8-14-11(18)15-9-13(10(16)17)6-4-5-7-13/h4-9H2,1-3H3,(H,16,17)(H2,14,15,18). The molecule has 104 valence electrons. The van der Waals surface area contributed by atoms with E-state index in [-0.39, 0.29) is 18.0 Å². The second-order valence-corrected chi connectivity index (χ2v) is 6.39. The fourth-order valence-corrected chi connectivity index (χ4v) is 2.18. The maximum Gasteiger partial charge on any atom is 0.314 e. The van der Waals surface area contributed by atoms with E-state index in [1.807, 2.05) is 20.8 Å². The van der Waals surface area contributed by atoms with Crippen LogP contribution in [-0.2, 0) is 4.79 Å². The Hall–Kier alpha value is -1.26. The number of hydrogen-bond donors (Lipinski definition) is 3. The van der Waals surface area contributed by atoms with E-state index in [9.17, 15) is 14.7 Å². The van der Waals surface area contributed by atoms with Crippen LogP contribution in [0.3, 0.4) is 0 Å². The van der Waals surface area contributed by atoms with Gasteiger partial charge in [-0.25, -0.2) is 4.79 Å². The molecule has 0 atom stereocenters. The van der Waals surface area contributed by atoms with Gasteiger partial charge in [-0.05, 0) is 18.3 Å². The minimum absolute atomic E-state index is 0.0230. The van der Waals surface area contributed by atoms with Gasteiger partial charge in [-0.1, -0.05) is 33.6 Å². The van der Waals surface area contributed by atoms with E-state index >= 15 is 0 Å². The lowest BCUT2D eigenvalue weighted by Crippen LogP contribution is -2.46. The Kier molecular flexibility index (Phi) is 4.59. The van der Waals surface area contributed by atoms with Crippen molar-refractivity contribution in [2.45, 2.75) is 46.5 Å². The number of carboxylic acids is 1. The van der Waals surface area contributed by atoms with Gasteiger partial charge < -0.3 is 15.7 Å². The number of hydrogen-bond acceptors (Lipinski definition) is 2. The lowest BCUT2D eigenvalue weighted by molar-refractivity contribution is -0.148. The third-order valence-electron chi connectivity index (χ3n) is 3.38. The first-order valence-electron chi connectivity index (χ1n) is 6.50. The summed E-state index contributed by atoms with van der Waals surface area (Å²) in [5.41, 5.74) is -0.728. The number of amides is 2. The summed E-state index contributed by atoms with van der Waals surface area (Å²) in [5.74, 6) is -0.795. The van der Waals surface area contributed by atoms with Crippen LogP contribution in [0.2, 0.25) is 0 Å². The van der Waals surface area contributed by atoms with Crippen LogP contribution in [0, 0.1) is 10.8 Å². The maximum atomic E-state index is 11.6. The molecule has 5 nitrogen and oxygen atoms in total. The minimum Gasteiger partial charge on any atom is -0.481 e. The van der Waals surface area contributed by atoms with Gasteiger partial charge >= 0.3 is 12.0 Å². The van der Waals surface area contributed by atoms with E-state index < -0.39 is 11.4 Å². The van der Waals surface area contributed by atoms with Crippen LogP contribution in [0.15, 0.2) is 0 Å². The molecule has 1 aliphatic carbocycles. The summed E-state index contributed by atoms with van der Waals surface area (Å²) < 4.78 is 0. The molecule has 3 N–H and O–H groups in total. The van der Waals surface area contributed by atoms with E-state index in [0.29, 0.717) is 19.4 Å². The summed E-state index contributed by atoms with van der Waals surface area (Å²) in [6, 6.07) is -0.280. The summed E-state index contributed by atoms with van der Waals surface area (Å²) in [5, 5.41) is 14.7. The predicted molar refractivity (Wildman–Crippen MR) is 69.4 cm³/mol. The van der Waals surface area contributed by atoms with Gasteiger partial charge in [-0.2, -0.15) is 0 Å². The first kappa shape index (κ1) is 14.8. The van der Waals surface area contributed by atoms with Crippen LogP contribution in [0.5, 0.6) is 0 Å². The average Bonchev–Trinajstić information content (AvgIpc) is 2.72. The van der Waals surface area contributed by atoms with Crippen molar-refractivity contribution < 1.29 is 14.7 Å². The molecule has 1 saturated carbocycles. The van der Waals surface area contributed by atoms with Crippen LogP contribution >= 0.6 is 0 Å². The summed E-state index contributed by atoms with van der Waals surface area (Å²) in [7, 11) is 0. The molecule has 0 aromatic heterocycles. The highest BCUT2D eigenvalue weighted by atomic mass is 16.4. The van der Waals surface area contributed by atoms with Crippen molar-refractivity contribution >= 4 is 12.0 Å². The van der Waals surface area contributed by atoms with Crippen LogP contribution < -0.4 is 10.6 Å². The third kappa shape index (κ3) is 4.20. The van der Waals surface area contributed by atoms with Crippen molar-refractivity contribution in [2.75, 3.05) is 13.1 Å². The number of urea groups is 1. The molecule has 1 aliphatic rings. The molecule has 0 spiro atoms. The molecule has 1 fully saturated rings. The molecular formula is C13H24N2O3. The van der Waals surface area contributed by atoms with E-state index in [2.05, 4.69) is 10.6 Å². The summed E-state index contributed by atoms with van der Waals surface area (Å²) >= 11 is 0. The van der Waals surface area contributed by atoms with Crippen LogP contribution in [0.4, 0.5) is 4.79 Å². The van der Waals surface area contributed by atoms with Gasteiger partial charge in [0, 0.05) is 13.1 Å². The molecule has 0 bridgehead atoms. The lowest BCUT2D eigenvalue weighted by atomic mass is 9.86. The quantitative estimate of drug-likeness (QED) is 0.719. The van der Waals surface area contributed by atoms with E-state index in [0.717, 1.165) is 12.8 Å². The van der Waals surface area contributed by atoms with Crippen molar-refractivity contribution in [3.05, 3.63) is 0 Å². The van der Waals surface area contributed by atoms with Crippen molar-refractivity contribution in [2.24, 2.45) is 10.8 Å². The third-order valence-corrected chi connectivity index (χ3v) is 3.38. The summed E-state index contributed by atoms with van der Waals surface area (Å²) in [6.45, 7) is 6.88. The first-order valence-corrected chi connectivity index (χ1v) is 6.50. The van der Waals surface area contributed by atoms with Gasteiger partial charge in [-0.3, -0.25) is 4.79 Å². The Morgan fingerprint density at radius 2 is 1.72 bits per heavy atom. The van der Waals surface area contributed by atoms with Gasteiger partial charge in [0.1, 0.15) is 0 Å². The molecule has 0 aromatic rings. The molecular weight excluding hydrogens is 232 g/mol. The molecule has 18 heavy (non-hydrogen) atoms. The Labute approximate surface area is 108 Å². The molecule has 2 amide bonds. The lowest BCUT2D eigenvalue weighted by Gasteiger charge is -2.25. The number of aliphatic carboxylic acids is 1. The molecule has 0 aromatic carbocycles. The second kappa shape index (κ2) is 5.59. The van der Waals surface area contributed by atoms with Crippen LogP contribution in [0.1, 0.15) is 46.5 Å². The molecule has 0 aliphatic heterocycles. The molecule has 0 unspecified atom stereocenters. The number of rotatable bonds is 4. The number of carbonyl (C=O) groups is 2. The molecule has 5 heteroatoms. The number of carbonyl (C=O) groups excluding carboxylic acids is 1. The predicted octanol–water partition coefficient (Wildman–Crippen LogP) is 1.98. The SMILES string of the molecule is CC(C)(C)CNC(=O)NCC1(C(=O)O)CCCC1. The van der Waals surface area contributed by atoms with Crippen LogP contribution in [0.25, 0.3) is 0 Å². The van der Waals surface area contributed by atoms with E-state index in [4.69, 9.17) is 0 Å². The van der Waals surface area contributed by atoms with E-state index in [1.165, 1.54) is 0 Å². The zero-order chi connectivity index (χ0) is 13.8. The highest BCUT2D eigenvalue weighted by Gasteiger charge is 2.41. The van der Waals surface area contributed by atoms with Gasteiger partial charge in [0.15, 0.2) is 0 Å². The largest absolute Gasteiger partial charge is 0.481 e. The van der Waals surface area contributed by atoms with Gasteiger partial charge in [-0.15, -0.1) is 0 Å². The maximum absolute atomic E-state index is 11.6. The Balaban J connectivity index is 2.39. The Bertz CT molecular complexity index is 315. The normalized spacial score (nSPS) is 18.4. The zero-order valence-corrected chi connectivity index (χ0v) is 11.5. The van der Waals surface area contributed by atoms with Crippen molar-refractivity contribution in [1.29, 1.82) is 0 Å². The Morgan fingerprint density at radius 1 is 1.17 bits per heavy atom. The number of nitrogens with one attached hydrogen (secondary N) is 2. The highest BCUT2D eigenvalue weighted by Crippen LogP contribution is 2.37. The molecule has 0 heterocycles. The average molecular weight is 256 g/mol. The fourth-order valence-electron chi connectivity index (χ4n) is 2.18. The van der Waals surface area contributed by atoms with Gasteiger partial charge in [0.25, 0.3) is 0 Å². The smallest absolute Gasteiger partial charge is 0.314 e. The van der Waals surface area contributed by atoms with Gasteiger partial charge in [0.2, 0.25) is 0 Å².